The molecular formula is C21H23FN4O2. The molecule has 6 nitrogen and oxygen atoms in total. The largest absolute Gasteiger partial charge is 0.493 e. The van der Waals surface area contributed by atoms with E-state index in [1.165, 1.54) is 12.1 Å². The van der Waals surface area contributed by atoms with Crippen molar-refractivity contribution in [1.82, 2.24) is 9.97 Å². The second-order valence-corrected chi connectivity index (χ2v) is 6.22. The molecule has 0 aliphatic carbocycles. The first-order valence-corrected chi connectivity index (χ1v) is 8.90. The highest BCUT2D eigenvalue weighted by Crippen LogP contribution is 2.31. The minimum atomic E-state index is -0.232. The Kier molecular flexibility index (Phi) is 6.26. The Bertz CT molecular complexity index is 932. The monoisotopic (exact) mass is 382 g/mol. The molecule has 0 saturated heterocycles. The van der Waals surface area contributed by atoms with Crippen LogP contribution in [0.5, 0.6) is 11.5 Å². The van der Waals surface area contributed by atoms with Gasteiger partial charge in [-0.15, -0.1) is 0 Å². The highest BCUT2D eigenvalue weighted by Gasteiger charge is 2.07. The van der Waals surface area contributed by atoms with E-state index in [0.29, 0.717) is 29.8 Å². The highest BCUT2D eigenvalue weighted by atomic mass is 19.1. The van der Waals surface area contributed by atoms with Crippen molar-refractivity contribution in [3.8, 4) is 11.5 Å². The lowest BCUT2D eigenvalue weighted by Crippen LogP contribution is -2.09. The summed E-state index contributed by atoms with van der Waals surface area (Å²) in [6.07, 6.45) is 0.746. The van der Waals surface area contributed by atoms with E-state index in [1.807, 2.05) is 31.2 Å². The maximum absolute atomic E-state index is 13.0. The normalized spacial score (nSPS) is 10.4. The van der Waals surface area contributed by atoms with Gasteiger partial charge in [-0.25, -0.2) is 9.37 Å². The van der Waals surface area contributed by atoms with E-state index >= 15 is 0 Å². The lowest BCUT2D eigenvalue weighted by molar-refractivity contribution is 0.355. The molecular weight excluding hydrogens is 359 g/mol. The zero-order valence-corrected chi connectivity index (χ0v) is 16.1. The van der Waals surface area contributed by atoms with Crippen molar-refractivity contribution in [2.45, 2.75) is 13.3 Å². The summed E-state index contributed by atoms with van der Waals surface area (Å²) in [6.45, 7) is 2.55. The van der Waals surface area contributed by atoms with Crippen LogP contribution in [0.25, 0.3) is 0 Å². The molecule has 3 aromatic rings. The molecule has 0 saturated carbocycles. The Balaban J connectivity index is 1.66. The molecule has 1 heterocycles. The van der Waals surface area contributed by atoms with Gasteiger partial charge in [0.15, 0.2) is 11.5 Å². The second-order valence-electron chi connectivity index (χ2n) is 6.22. The molecule has 28 heavy (non-hydrogen) atoms. The smallest absolute Gasteiger partial charge is 0.224 e. The molecule has 2 N–H and O–H groups in total. The molecule has 0 spiro atoms. The van der Waals surface area contributed by atoms with Crippen LogP contribution in [0.4, 0.5) is 21.8 Å². The van der Waals surface area contributed by atoms with Crippen molar-refractivity contribution in [1.29, 1.82) is 0 Å². The summed E-state index contributed by atoms with van der Waals surface area (Å²) in [6, 6.07) is 13.9. The molecule has 1 aromatic heterocycles. The molecule has 0 fully saturated rings. The maximum atomic E-state index is 13.0. The number of benzene rings is 2. The van der Waals surface area contributed by atoms with E-state index in [0.717, 1.165) is 23.4 Å². The van der Waals surface area contributed by atoms with Gasteiger partial charge < -0.3 is 20.1 Å². The van der Waals surface area contributed by atoms with Crippen molar-refractivity contribution >= 4 is 17.5 Å². The molecule has 0 aliphatic rings. The van der Waals surface area contributed by atoms with Crippen molar-refractivity contribution in [2.75, 3.05) is 31.4 Å². The van der Waals surface area contributed by atoms with Gasteiger partial charge in [-0.1, -0.05) is 12.1 Å². The number of nitrogens with one attached hydrogen (secondary N) is 2. The van der Waals surface area contributed by atoms with Gasteiger partial charge in [0.2, 0.25) is 5.95 Å². The summed E-state index contributed by atoms with van der Waals surface area (Å²) in [5.74, 6) is 2.27. The number of anilines is 3. The number of aromatic nitrogens is 2. The summed E-state index contributed by atoms with van der Waals surface area (Å²) in [5, 5.41) is 6.47. The number of hydrogen-bond donors (Lipinski definition) is 2. The third-order valence-electron chi connectivity index (χ3n) is 4.12. The fourth-order valence-corrected chi connectivity index (χ4v) is 2.74. The van der Waals surface area contributed by atoms with Crippen LogP contribution in [0.15, 0.2) is 48.5 Å². The fourth-order valence-electron chi connectivity index (χ4n) is 2.74. The number of ether oxygens (including phenoxy) is 2. The molecule has 2 aromatic carbocycles. The minimum Gasteiger partial charge on any atom is -0.493 e. The van der Waals surface area contributed by atoms with E-state index in [9.17, 15) is 4.39 Å². The Morgan fingerprint density at radius 2 is 1.68 bits per heavy atom. The van der Waals surface area contributed by atoms with Crippen molar-refractivity contribution < 1.29 is 13.9 Å². The summed E-state index contributed by atoms with van der Waals surface area (Å²) in [5.41, 5.74) is 2.71. The first-order valence-electron chi connectivity index (χ1n) is 8.90. The predicted octanol–water partition coefficient (Wildman–Crippen LogP) is 4.34. The third kappa shape index (κ3) is 5.09. The molecule has 3 rings (SSSR count). The zero-order chi connectivity index (χ0) is 19.9. The molecule has 0 unspecified atom stereocenters. The van der Waals surface area contributed by atoms with E-state index in [2.05, 4.69) is 20.6 Å². The van der Waals surface area contributed by atoms with E-state index < -0.39 is 0 Å². The number of hydrogen-bond acceptors (Lipinski definition) is 6. The summed E-state index contributed by atoms with van der Waals surface area (Å²) in [4.78, 5) is 8.92. The number of aryl methyl sites for hydroxylation is 1. The Morgan fingerprint density at radius 1 is 0.929 bits per heavy atom. The first kappa shape index (κ1) is 19.4. The van der Waals surface area contributed by atoms with Gasteiger partial charge >= 0.3 is 0 Å². The van der Waals surface area contributed by atoms with Gasteiger partial charge in [-0.3, -0.25) is 0 Å². The third-order valence-corrected chi connectivity index (χ3v) is 4.12. The molecule has 0 aliphatic heterocycles. The fraction of sp³-hybridized carbons (Fsp3) is 0.238. The van der Waals surface area contributed by atoms with Gasteiger partial charge in [0.1, 0.15) is 11.6 Å². The van der Waals surface area contributed by atoms with Crippen LogP contribution in [0.2, 0.25) is 0 Å². The van der Waals surface area contributed by atoms with Gasteiger partial charge in [0.25, 0.3) is 0 Å². The van der Waals surface area contributed by atoms with Crippen LogP contribution in [0.3, 0.4) is 0 Å². The Labute approximate surface area is 163 Å². The molecule has 0 bridgehead atoms. The van der Waals surface area contributed by atoms with Crippen LogP contribution >= 0.6 is 0 Å². The van der Waals surface area contributed by atoms with Gasteiger partial charge in [-0.05, 0) is 43.2 Å². The molecule has 0 amide bonds. The number of nitrogens with zero attached hydrogens (tertiary/aromatic N) is 2. The zero-order valence-electron chi connectivity index (χ0n) is 16.1. The van der Waals surface area contributed by atoms with Crippen LogP contribution in [-0.2, 0) is 6.42 Å². The number of methoxy groups -OCH3 is 2. The SMILES string of the molecule is COc1ccc(Nc2cc(C)nc(NCCc3ccc(F)cc3)n2)cc1OC. The number of rotatable bonds is 8. The van der Waals surface area contributed by atoms with E-state index in [-0.39, 0.29) is 5.82 Å². The van der Waals surface area contributed by atoms with Crippen LogP contribution in [0, 0.1) is 12.7 Å². The molecule has 0 radical (unpaired) electrons. The predicted molar refractivity (Wildman–Crippen MR) is 108 cm³/mol. The second kappa shape index (κ2) is 9.03. The van der Waals surface area contributed by atoms with Crippen LogP contribution < -0.4 is 20.1 Å². The first-order chi connectivity index (χ1) is 13.6. The standard InChI is InChI=1S/C21H23FN4O2/c1-14-12-20(25-17-8-9-18(27-2)19(13-17)28-3)26-21(24-14)23-11-10-15-4-6-16(22)7-5-15/h4-9,12-13H,10-11H2,1-3H3,(H2,23,24,25,26). The summed E-state index contributed by atoms with van der Waals surface area (Å²) in [7, 11) is 3.20. The average Bonchev–Trinajstić information content (AvgIpc) is 2.69. The van der Waals surface area contributed by atoms with E-state index in [1.54, 1.807) is 26.4 Å². The Morgan fingerprint density at radius 3 is 2.39 bits per heavy atom. The van der Waals surface area contributed by atoms with Gasteiger partial charge in [-0.2, -0.15) is 4.98 Å². The van der Waals surface area contributed by atoms with Gasteiger partial charge in [0, 0.05) is 30.1 Å². The topological polar surface area (TPSA) is 68.3 Å². The van der Waals surface area contributed by atoms with Crippen LogP contribution in [0.1, 0.15) is 11.3 Å². The van der Waals surface area contributed by atoms with E-state index in [4.69, 9.17) is 9.47 Å². The average molecular weight is 382 g/mol. The highest BCUT2D eigenvalue weighted by molar-refractivity contribution is 5.62. The van der Waals surface area contributed by atoms with Gasteiger partial charge in [0.05, 0.1) is 14.2 Å². The number of halogens is 1. The summed E-state index contributed by atoms with van der Waals surface area (Å²) < 4.78 is 23.6. The quantitative estimate of drug-likeness (QED) is 0.604. The molecule has 7 heteroatoms. The van der Waals surface area contributed by atoms with Crippen molar-refractivity contribution in [3.05, 3.63) is 65.6 Å². The lowest BCUT2D eigenvalue weighted by Gasteiger charge is -2.12. The minimum absolute atomic E-state index is 0.232. The Hall–Kier alpha value is -3.35. The lowest BCUT2D eigenvalue weighted by atomic mass is 10.1. The van der Waals surface area contributed by atoms with Crippen molar-refractivity contribution in [3.63, 3.8) is 0 Å². The summed E-state index contributed by atoms with van der Waals surface area (Å²) >= 11 is 0. The maximum Gasteiger partial charge on any atom is 0.224 e. The molecule has 146 valence electrons. The molecule has 0 atom stereocenters. The van der Waals surface area contributed by atoms with Crippen LogP contribution in [-0.4, -0.2) is 30.7 Å². The van der Waals surface area contributed by atoms with Crippen molar-refractivity contribution in [2.24, 2.45) is 0 Å².